The first kappa shape index (κ1) is 30.9. The van der Waals surface area contributed by atoms with Crippen molar-refractivity contribution in [3.8, 4) is 0 Å². The second kappa shape index (κ2) is 21.7. The van der Waals surface area contributed by atoms with Gasteiger partial charge >= 0.3 is 0 Å². The highest BCUT2D eigenvalue weighted by molar-refractivity contribution is 7.76. The second-order valence-electron chi connectivity index (χ2n) is 10.1. The van der Waals surface area contributed by atoms with Gasteiger partial charge in [-0.05, 0) is 45.4 Å². The maximum atomic E-state index is 11.5. The van der Waals surface area contributed by atoms with Crippen molar-refractivity contribution in [3.05, 3.63) is 0 Å². The Morgan fingerprint density at radius 2 is 0.871 bits per heavy atom. The number of hydrogen-bond acceptors (Lipinski definition) is 2. The third kappa shape index (κ3) is 17.1. The Labute approximate surface area is 197 Å². The third-order valence-corrected chi connectivity index (χ3v) is 12.9. The van der Waals surface area contributed by atoms with Gasteiger partial charge in [-0.25, -0.2) is 0 Å². The Kier molecular flexibility index (Phi) is 21.7. The van der Waals surface area contributed by atoms with Crippen molar-refractivity contribution in [1.82, 2.24) is 0 Å². The summed E-state index contributed by atoms with van der Waals surface area (Å²) in [6.45, 7) is 9.09. The minimum absolute atomic E-state index is 0.287. The second-order valence-corrected chi connectivity index (χ2v) is 14.8. The zero-order chi connectivity index (χ0) is 23.2. The van der Waals surface area contributed by atoms with Crippen LogP contribution < -0.4 is 5.11 Å². The maximum Gasteiger partial charge on any atom is 0.0721 e. The summed E-state index contributed by atoms with van der Waals surface area (Å²) in [4.78, 5) is 11.5. The summed E-state index contributed by atoms with van der Waals surface area (Å²) in [5.41, 5.74) is 0.347. The number of unbranched alkanes of at least 4 members (excludes halogenated alkanes) is 15. The van der Waals surface area contributed by atoms with E-state index < -0.39 is 13.2 Å². The van der Waals surface area contributed by atoms with E-state index in [0.29, 0.717) is 5.66 Å². The molecule has 0 amide bonds. The van der Waals surface area contributed by atoms with Crippen molar-refractivity contribution < 1.29 is 9.90 Å². The van der Waals surface area contributed by atoms with Gasteiger partial charge in [0.1, 0.15) is 0 Å². The molecule has 0 spiro atoms. The number of carbonyl (C=O) groups excluding carboxylic acids is 1. The van der Waals surface area contributed by atoms with E-state index in [-0.39, 0.29) is 6.42 Å². The van der Waals surface area contributed by atoms with Crippen LogP contribution in [0.2, 0.25) is 0 Å². The molecule has 0 aliphatic carbocycles. The number of aliphatic carboxylic acids is 1. The highest BCUT2D eigenvalue weighted by Crippen LogP contribution is 2.65. The third-order valence-electron chi connectivity index (χ3n) is 7.27. The number of carbonyl (C=O) groups is 1. The first-order valence-electron chi connectivity index (χ1n) is 14.1. The molecule has 0 aromatic heterocycles. The highest BCUT2D eigenvalue weighted by Gasteiger charge is 2.41. The van der Waals surface area contributed by atoms with Crippen molar-refractivity contribution >= 4 is 13.2 Å². The van der Waals surface area contributed by atoms with Gasteiger partial charge in [-0.3, -0.25) is 0 Å². The molecule has 0 saturated heterocycles. The normalized spacial score (nSPS) is 12.9. The van der Waals surface area contributed by atoms with E-state index in [9.17, 15) is 9.90 Å². The van der Waals surface area contributed by atoms with Crippen LogP contribution in [-0.2, 0) is 4.79 Å². The molecule has 0 saturated carbocycles. The molecular weight excluding hydrogens is 399 g/mol. The fraction of sp³-hybridized carbons (Fsp3) is 0.964. The highest BCUT2D eigenvalue weighted by atomic mass is 31.2. The summed E-state index contributed by atoms with van der Waals surface area (Å²) in [5, 5.41) is 11.5. The van der Waals surface area contributed by atoms with Gasteiger partial charge in [0.25, 0.3) is 0 Å². The predicted octanol–water partition coefficient (Wildman–Crippen LogP) is 8.61. The first-order valence-corrected chi connectivity index (χ1v) is 16.5. The number of rotatable bonds is 24. The summed E-state index contributed by atoms with van der Waals surface area (Å²) < 4.78 is 0. The molecule has 31 heavy (non-hydrogen) atoms. The van der Waals surface area contributed by atoms with E-state index in [1.54, 1.807) is 0 Å². The van der Waals surface area contributed by atoms with Crippen molar-refractivity contribution in [2.75, 3.05) is 18.5 Å². The summed E-state index contributed by atoms with van der Waals surface area (Å²) in [5.74, 6) is -0.828. The van der Waals surface area contributed by atoms with Crippen LogP contribution in [0, 0.1) is 0 Å². The Balaban J connectivity index is 4.91. The molecule has 0 aliphatic rings. The van der Waals surface area contributed by atoms with Crippen molar-refractivity contribution in [1.29, 1.82) is 0 Å². The number of carboxylic acids is 1. The average Bonchev–Trinajstić information content (AvgIpc) is 2.74. The fourth-order valence-electron chi connectivity index (χ4n) is 5.05. The van der Waals surface area contributed by atoms with Crippen LogP contribution in [0.3, 0.4) is 0 Å². The van der Waals surface area contributed by atoms with Crippen LogP contribution in [0.15, 0.2) is 0 Å². The lowest BCUT2D eigenvalue weighted by molar-refractivity contribution is -0.305. The summed E-state index contributed by atoms with van der Waals surface area (Å²) >= 11 is 0. The molecule has 0 bridgehead atoms. The van der Waals surface area contributed by atoms with Crippen LogP contribution in [0.5, 0.6) is 0 Å². The van der Waals surface area contributed by atoms with Gasteiger partial charge in [-0.1, -0.05) is 97.8 Å². The van der Waals surface area contributed by atoms with Crippen molar-refractivity contribution in [3.63, 3.8) is 0 Å². The lowest BCUT2D eigenvalue weighted by Gasteiger charge is -2.34. The molecule has 1 unspecified atom stereocenters. The van der Waals surface area contributed by atoms with Crippen molar-refractivity contribution in [2.45, 2.75) is 155 Å². The van der Waals surface area contributed by atoms with E-state index in [2.05, 4.69) is 27.7 Å². The quantitative estimate of drug-likeness (QED) is 0.108. The monoisotopic (exact) mass is 456 g/mol. The molecule has 0 heterocycles. The minimum Gasteiger partial charge on any atom is -0.550 e. The molecule has 0 aliphatic heterocycles. The van der Waals surface area contributed by atoms with E-state index in [4.69, 9.17) is 0 Å². The molecule has 1 atom stereocenters. The molecule has 3 heteroatoms. The Bertz CT molecular complexity index is 356. The maximum absolute atomic E-state index is 11.5. The fourth-order valence-corrected chi connectivity index (χ4v) is 10.1. The van der Waals surface area contributed by atoms with Crippen LogP contribution in [0.4, 0.5) is 0 Å². The van der Waals surface area contributed by atoms with Gasteiger partial charge < -0.3 is 9.90 Å². The van der Waals surface area contributed by atoms with E-state index in [0.717, 1.165) is 0 Å². The van der Waals surface area contributed by atoms with Crippen molar-refractivity contribution in [2.24, 2.45) is 0 Å². The lowest BCUT2D eigenvalue weighted by atomic mass is 10.1. The van der Waals surface area contributed by atoms with Gasteiger partial charge in [-0.15, -0.1) is 0 Å². The molecule has 0 aromatic carbocycles. The Hall–Kier alpha value is -0.100. The Morgan fingerprint density at radius 1 is 0.581 bits per heavy atom. The van der Waals surface area contributed by atoms with Gasteiger partial charge in [0.05, 0.1) is 24.1 Å². The largest absolute Gasteiger partial charge is 0.550 e. The van der Waals surface area contributed by atoms with Crippen LogP contribution in [0.1, 0.15) is 150 Å². The van der Waals surface area contributed by atoms with Gasteiger partial charge in [0.15, 0.2) is 0 Å². The van der Waals surface area contributed by atoms with E-state index in [1.807, 2.05) is 0 Å². The zero-order valence-corrected chi connectivity index (χ0v) is 22.8. The summed E-state index contributed by atoms with van der Waals surface area (Å²) in [6, 6.07) is 0. The zero-order valence-electron chi connectivity index (χ0n) is 21.9. The summed E-state index contributed by atoms with van der Waals surface area (Å²) in [7, 11) is -1.23. The summed E-state index contributed by atoms with van der Waals surface area (Å²) in [6.07, 6.45) is 28.4. The van der Waals surface area contributed by atoms with Crippen LogP contribution in [-0.4, -0.2) is 30.1 Å². The topological polar surface area (TPSA) is 40.1 Å². The minimum atomic E-state index is -1.23. The average molecular weight is 457 g/mol. The molecular formula is C28H57O2P. The molecule has 2 nitrogen and oxygen atoms in total. The standard InChI is InChI=1S/C28H57O2P/c1-5-8-11-14-17-20-23-31(27(4)26-28(29)30,24-21-18-15-12-9-6-2)25-22-19-16-13-10-7-3/h27H,5-26H2,1-4H3. The Morgan fingerprint density at radius 3 is 1.16 bits per heavy atom. The van der Waals surface area contributed by atoms with E-state index in [1.165, 1.54) is 134 Å². The van der Waals surface area contributed by atoms with Gasteiger partial charge in [-0.2, -0.15) is 0 Å². The van der Waals surface area contributed by atoms with Crippen LogP contribution in [0.25, 0.3) is 0 Å². The molecule has 0 aromatic rings. The number of carboxylic acid groups (broad SMARTS) is 1. The van der Waals surface area contributed by atoms with Gasteiger partial charge in [0, 0.05) is 19.7 Å². The van der Waals surface area contributed by atoms with Crippen LogP contribution >= 0.6 is 7.26 Å². The molecule has 0 radical (unpaired) electrons. The first-order chi connectivity index (χ1) is 15.0. The smallest absolute Gasteiger partial charge is 0.0721 e. The molecule has 0 rings (SSSR count). The molecule has 0 N–H and O–H groups in total. The van der Waals surface area contributed by atoms with Gasteiger partial charge in [0.2, 0.25) is 0 Å². The molecule has 0 fully saturated rings. The predicted molar refractivity (Wildman–Crippen MR) is 141 cm³/mol. The molecule has 186 valence electrons. The van der Waals surface area contributed by atoms with E-state index >= 15 is 0 Å². The lowest BCUT2D eigenvalue weighted by Crippen LogP contribution is -2.30. The number of hydrogen-bond donors (Lipinski definition) is 0. The SMILES string of the molecule is CCCCCCCC[P+](CCCCCCCC)(CCCCCCCC)C(C)CC(=O)[O-].